The van der Waals surface area contributed by atoms with Crippen molar-refractivity contribution in [2.45, 2.75) is 6.92 Å². The van der Waals surface area contributed by atoms with Crippen molar-refractivity contribution in [3.63, 3.8) is 0 Å². The van der Waals surface area contributed by atoms with Gasteiger partial charge in [0.1, 0.15) is 11.5 Å². The average molecular weight is 363 g/mol. The lowest BCUT2D eigenvalue weighted by atomic mass is 10.3. The van der Waals surface area contributed by atoms with Crippen molar-refractivity contribution in [1.82, 2.24) is 5.32 Å². The van der Waals surface area contributed by atoms with Gasteiger partial charge in [-0.3, -0.25) is 9.59 Å². The Kier molecular flexibility index (Phi) is 7.10. The average Bonchev–Trinajstić information content (AvgIpc) is 2.61. The van der Waals surface area contributed by atoms with Gasteiger partial charge in [-0.05, 0) is 43.3 Å². The van der Waals surface area contributed by atoms with Gasteiger partial charge in [-0.2, -0.15) is 0 Å². The lowest BCUT2D eigenvalue weighted by Crippen LogP contribution is -2.35. The molecule has 0 aliphatic carbocycles. The highest BCUT2D eigenvalue weighted by molar-refractivity contribution is 6.30. The van der Waals surface area contributed by atoms with E-state index in [0.717, 1.165) is 0 Å². The number of amides is 2. The van der Waals surface area contributed by atoms with E-state index < -0.39 is 5.91 Å². The summed E-state index contributed by atoms with van der Waals surface area (Å²) < 4.78 is 10.7. The summed E-state index contributed by atoms with van der Waals surface area (Å²) in [5.41, 5.74) is 0.556. The monoisotopic (exact) mass is 362 g/mol. The van der Waals surface area contributed by atoms with Gasteiger partial charge in [0.05, 0.1) is 18.8 Å². The van der Waals surface area contributed by atoms with Crippen LogP contribution in [0.25, 0.3) is 0 Å². The summed E-state index contributed by atoms with van der Waals surface area (Å²) >= 11 is 5.77. The number of para-hydroxylation sites is 2. The fourth-order valence-corrected chi connectivity index (χ4v) is 2.08. The molecule has 0 heterocycles. The number of halogens is 1. The molecular formula is C18H19ClN2O4. The Labute approximate surface area is 151 Å². The van der Waals surface area contributed by atoms with E-state index in [1.54, 1.807) is 42.5 Å². The van der Waals surface area contributed by atoms with Crippen LogP contribution in [0.3, 0.4) is 0 Å². The Balaban J connectivity index is 1.76. The smallest absolute Gasteiger partial charge is 0.258 e. The molecule has 0 saturated carbocycles. The first-order valence-corrected chi connectivity index (χ1v) is 8.13. The molecule has 0 saturated heterocycles. The second-order valence-corrected chi connectivity index (χ2v) is 5.43. The molecule has 0 spiro atoms. The largest absolute Gasteiger partial charge is 0.492 e. The number of nitrogens with one attached hydrogen (secondary N) is 2. The van der Waals surface area contributed by atoms with E-state index in [1.165, 1.54) is 0 Å². The van der Waals surface area contributed by atoms with E-state index in [1.807, 2.05) is 13.0 Å². The number of anilines is 1. The molecule has 0 unspecified atom stereocenters. The SMILES string of the molecule is CCOc1ccccc1NC(=O)CNC(=O)COc1ccc(Cl)cc1. The van der Waals surface area contributed by atoms with Crippen molar-refractivity contribution in [2.75, 3.05) is 25.1 Å². The van der Waals surface area contributed by atoms with E-state index >= 15 is 0 Å². The van der Waals surface area contributed by atoms with Crippen LogP contribution in [0, 0.1) is 0 Å². The number of ether oxygens (including phenoxy) is 2. The van der Waals surface area contributed by atoms with E-state index in [9.17, 15) is 9.59 Å². The van der Waals surface area contributed by atoms with Gasteiger partial charge in [-0.15, -0.1) is 0 Å². The second-order valence-electron chi connectivity index (χ2n) is 5.00. The zero-order chi connectivity index (χ0) is 18.1. The van der Waals surface area contributed by atoms with Crippen LogP contribution in [0.15, 0.2) is 48.5 Å². The van der Waals surface area contributed by atoms with Gasteiger partial charge in [-0.1, -0.05) is 23.7 Å². The van der Waals surface area contributed by atoms with E-state index in [0.29, 0.717) is 28.8 Å². The molecule has 0 aromatic heterocycles. The van der Waals surface area contributed by atoms with Crippen LogP contribution in [0.2, 0.25) is 5.02 Å². The zero-order valence-corrected chi connectivity index (χ0v) is 14.5. The number of rotatable bonds is 8. The zero-order valence-electron chi connectivity index (χ0n) is 13.8. The predicted octanol–water partition coefficient (Wildman–Crippen LogP) is 2.87. The standard InChI is InChI=1S/C18H19ClN2O4/c1-2-24-16-6-4-3-5-15(16)21-17(22)11-20-18(23)12-25-14-9-7-13(19)8-10-14/h3-10H,2,11-12H2,1H3,(H,20,23)(H,21,22). The molecule has 2 amide bonds. The Hall–Kier alpha value is -2.73. The third kappa shape index (κ3) is 6.35. The van der Waals surface area contributed by atoms with Crippen LogP contribution >= 0.6 is 11.6 Å². The highest BCUT2D eigenvalue weighted by Gasteiger charge is 2.09. The van der Waals surface area contributed by atoms with Gasteiger partial charge >= 0.3 is 0 Å². The highest BCUT2D eigenvalue weighted by atomic mass is 35.5. The molecule has 0 bridgehead atoms. The van der Waals surface area contributed by atoms with Gasteiger partial charge in [0, 0.05) is 5.02 Å². The van der Waals surface area contributed by atoms with Crippen molar-refractivity contribution in [3.8, 4) is 11.5 Å². The van der Waals surface area contributed by atoms with E-state index in [-0.39, 0.29) is 19.1 Å². The molecule has 0 atom stereocenters. The maximum Gasteiger partial charge on any atom is 0.258 e. The van der Waals surface area contributed by atoms with Crippen molar-refractivity contribution in [3.05, 3.63) is 53.6 Å². The number of benzene rings is 2. The van der Waals surface area contributed by atoms with Crippen LogP contribution in [0.1, 0.15) is 6.92 Å². The van der Waals surface area contributed by atoms with Crippen LogP contribution in [-0.4, -0.2) is 31.6 Å². The predicted molar refractivity (Wildman–Crippen MR) is 96.2 cm³/mol. The molecule has 6 nitrogen and oxygen atoms in total. The quantitative estimate of drug-likeness (QED) is 0.757. The molecule has 132 valence electrons. The first-order chi connectivity index (χ1) is 12.1. The minimum Gasteiger partial charge on any atom is -0.492 e. The summed E-state index contributed by atoms with van der Waals surface area (Å²) in [5, 5.41) is 5.77. The summed E-state index contributed by atoms with van der Waals surface area (Å²) in [6, 6.07) is 13.7. The fraction of sp³-hybridized carbons (Fsp3) is 0.222. The Morgan fingerprint density at radius 3 is 2.44 bits per heavy atom. The summed E-state index contributed by atoms with van der Waals surface area (Å²) in [6.07, 6.45) is 0. The van der Waals surface area contributed by atoms with Crippen LogP contribution in [0.4, 0.5) is 5.69 Å². The summed E-state index contributed by atoms with van der Waals surface area (Å²) in [7, 11) is 0. The van der Waals surface area contributed by atoms with Gasteiger partial charge in [0.2, 0.25) is 5.91 Å². The second kappa shape index (κ2) is 9.54. The number of hydrogen-bond donors (Lipinski definition) is 2. The molecular weight excluding hydrogens is 344 g/mol. The van der Waals surface area contributed by atoms with Crippen molar-refractivity contribution >= 4 is 29.1 Å². The lowest BCUT2D eigenvalue weighted by Gasteiger charge is -2.12. The number of carbonyl (C=O) groups excluding carboxylic acids is 2. The van der Waals surface area contributed by atoms with Gasteiger partial charge in [0.15, 0.2) is 6.61 Å². The van der Waals surface area contributed by atoms with Gasteiger partial charge < -0.3 is 20.1 Å². The maximum absolute atomic E-state index is 11.9. The third-order valence-corrected chi connectivity index (χ3v) is 3.34. The van der Waals surface area contributed by atoms with Crippen molar-refractivity contribution in [2.24, 2.45) is 0 Å². The summed E-state index contributed by atoms with van der Waals surface area (Å²) in [6.45, 7) is 2.00. The Morgan fingerprint density at radius 2 is 1.72 bits per heavy atom. The minimum absolute atomic E-state index is 0.163. The minimum atomic E-state index is -0.400. The van der Waals surface area contributed by atoms with Crippen LogP contribution in [-0.2, 0) is 9.59 Å². The molecule has 7 heteroatoms. The first kappa shape index (κ1) is 18.6. The molecule has 2 rings (SSSR count). The lowest BCUT2D eigenvalue weighted by molar-refractivity contribution is -0.125. The molecule has 2 aromatic rings. The fourth-order valence-electron chi connectivity index (χ4n) is 1.96. The molecule has 0 aliphatic rings. The number of carbonyl (C=O) groups is 2. The Morgan fingerprint density at radius 1 is 1.00 bits per heavy atom. The molecule has 0 aliphatic heterocycles. The maximum atomic E-state index is 11.9. The summed E-state index contributed by atoms with van der Waals surface area (Å²) in [5.74, 6) is 0.348. The van der Waals surface area contributed by atoms with Crippen LogP contribution in [0.5, 0.6) is 11.5 Å². The molecule has 2 aromatic carbocycles. The van der Waals surface area contributed by atoms with Crippen LogP contribution < -0.4 is 20.1 Å². The Bertz CT molecular complexity index is 719. The third-order valence-electron chi connectivity index (χ3n) is 3.09. The topological polar surface area (TPSA) is 76.7 Å². The first-order valence-electron chi connectivity index (χ1n) is 7.75. The number of hydrogen-bond acceptors (Lipinski definition) is 4. The van der Waals surface area contributed by atoms with E-state index in [4.69, 9.17) is 21.1 Å². The highest BCUT2D eigenvalue weighted by Crippen LogP contribution is 2.23. The molecule has 0 fully saturated rings. The normalized spacial score (nSPS) is 10.0. The molecule has 25 heavy (non-hydrogen) atoms. The van der Waals surface area contributed by atoms with Gasteiger partial charge in [-0.25, -0.2) is 0 Å². The molecule has 2 N–H and O–H groups in total. The summed E-state index contributed by atoms with van der Waals surface area (Å²) in [4.78, 5) is 23.7. The van der Waals surface area contributed by atoms with E-state index in [2.05, 4.69) is 10.6 Å². The van der Waals surface area contributed by atoms with Gasteiger partial charge in [0.25, 0.3) is 5.91 Å². The molecule has 0 radical (unpaired) electrons. The van der Waals surface area contributed by atoms with Crippen molar-refractivity contribution < 1.29 is 19.1 Å². The van der Waals surface area contributed by atoms with Crippen molar-refractivity contribution in [1.29, 1.82) is 0 Å².